The average Bonchev–Trinajstić information content (AvgIpc) is 2.74. The Morgan fingerprint density at radius 2 is 1.94 bits per heavy atom. The summed E-state index contributed by atoms with van der Waals surface area (Å²) < 4.78 is 5.49. The summed E-state index contributed by atoms with van der Waals surface area (Å²) in [6.07, 6.45) is 2.22. The number of nitrogens with one attached hydrogen (secondary N) is 1. The van der Waals surface area contributed by atoms with Crippen LogP contribution in [0.15, 0.2) is 30.3 Å². The molecule has 17 heavy (non-hydrogen) atoms. The first-order valence-corrected chi connectivity index (χ1v) is 6.51. The van der Waals surface area contributed by atoms with Crippen LogP contribution < -0.4 is 5.32 Å². The fourth-order valence-corrected chi connectivity index (χ4v) is 2.99. The Hall–Kier alpha value is -0.900. The molecule has 2 aliphatic heterocycles. The predicted molar refractivity (Wildman–Crippen MR) is 67.6 cm³/mol. The van der Waals surface area contributed by atoms with E-state index >= 15 is 0 Å². The Balaban J connectivity index is 1.73. The van der Waals surface area contributed by atoms with E-state index in [0.717, 1.165) is 45.7 Å². The van der Waals surface area contributed by atoms with Gasteiger partial charge in [0, 0.05) is 45.7 Å². The third kappa shape index (κ3) is 2.23. The van der Waals surface area contributed by atoms with Gasteiger partial charge in [0.15, 0.2) is 0 Å². The molecule has 0 aromatic heterocycles. The van der Waals surface area contributed by atoms with Crippen LogP contribution >= 0.6 is 0 Å². The van der Waals surface area contributed by atoms with Crippen molar-refractivity contribution in [3.8, 4) is 0 Å². The zero-order valence-corrected chi connectivity index (χ0v) is 10.2. The van der Waals surface area contributed by atoms with Gasteiger partial charge in [-0.15, -0.1) is 0 Å². The average molecular weight is 232 g/mol. The van der Waals surface area contributed by atoms with Gasteiger partial charge in [-0.3, -0.25) is 10.2 Å². The highest BCUT2D eigenvalue weighted by molar-refractivity contribution is 5.15. The van der Waals surface area contributed by atoms with Gasteiger partial charge in [0.1, 0.15) is 0 Å². The lowest BCUT2D eigenvalue weighted by Gasteiger charge is -2.41. The van der Waals surface area contributed by atoms with Gasteiger partial charge in [-0.2, -0.15) is 0 Å². The number of ether oxygens (including phenoxy) is 1. The van der Waals surface area contributed by atoms with Crippen LogP contribution in [-0.2, 0) is 11.3 Å². The second kappa shape index (κ2) is 4.77. The molecule has 0 radical (unpaired) electrons. The molecule has 92 valence electrons. The maximum Gasteiger partial charge on any atom is 0.0760 e. The first-order valence-electron chi connectivity index (χ1n) is 6.51. The summed E-state index contributed by atoms with van der Waals surface area (Å²) in [6.45, 7) is 5.08. The van der Waals surface area contributed by atoms with Gasteiger partial charge in [-0.25, -0.2) is 0 Å². The van der Waals surface area contributed by atoms with E-state index < -0.39 is 0 Å². The fourth-order valence-electron chi connectivity index (χ4n) is 2.99. The molecule has 3 rings (SSSR count). The summed E-state index contributed by atoms with van der Waals surface area (Å²) in [5.74, 6) is 0. The highest BCUT2D eigenvalue weighted by atomic mass is 16.5. The molecule has 0 saturated carbocycles. The van der Waals surface area contributed by atoms with Crippen molar-refractivity contribution in [2.45, 2.75) is 25.0 Å². The Labute approximate surface area is 103 Å². The molecule has 0 bridgehead atoms. The molecule has 2 fully saturated rings. The van der Waals surface area contributed by atoms with Crippen molar-refractivity contribution in [2.24, 2.45) is 0 Å². The molecule has 3 heteroatoms. The molecule has 0 amide bonds. The Kier molecular flexibility index (Phi) is 3.14. The summed E-state index contributed by atoms with van der Waals surface area (Å²) >= 11 is 0. The number of hydrogen-bond acceptors (Lipinski definition) is 3. The highest BCUT2D eigenvalue weighted by Gasteiger charge is 2.41. The van der Waals surface area contributed by atoms with Crippen molar-refractivity contribution in [1.29, 1.82) is 0 Å². The van der Waals surface area contributed by atoms with E-state index in [-0.39, 0.29) is 5.66 Å². The molecule has 1 aromatic rings. The smallest absolute Gasteiger partial charge is 0.0760 e. The zero-order valence-electron chi connectivity index (χ0n) is 10.2. The lowest BCUT2D eigenvalue weighted by Crippen LogP contribution is -2.54. The summed E-state index contributed by atoms with van der Waals surface area (Å²) in [4.78, 5) is 2.59. The number of hydrogen-bond donors (Lipinski definition) is 1. The van der Waals surface area contributed by atoms with E-state index in [0.29, 0.717) is 0 Å². The maximum absolute atomic E-state index is 5.49. The molecule has 2 aliphatic rings. The molecule has 3 nitrogen and oxygen atoms in total. The quantitative estimate of drug-likeness (QED) is 0.838. The van der Waals surface area contributed by atoms with Crippen LogP contribution in [0, 0.1) is 0 Å². The van der Waals surface area contributed by atoms with Crippen molar-refractivity contribution in [3.63, 3.8) is 0 Å². The SMILES string of the molecule is c1ccc(CN2CCNC23CCOCC3)cc1. The maximum atomic E-state index is 5.49. The topological polar surface area (TPSA) is 24.5 Å². The van der Waals surface area contributed by atoms with E-state index in [9.17, 15) is 0 Å². The monoisotopic (exact) mass is 232 g/mol. The highest BCUT2D eigenvalue weighted by Crippen LogP contribution is 2.29. The minimum atomic E-state index is 0.202. The molecular formula is C14H20N2O. The molecule has 2 saturated heterocycles. The van der Waals surface area contributed by atoms with E-state index in [1.54, 1.807) is 0 Å². The van der Waals surface area contributed by atoms with E-state index in [2.05, 4.69) is 40.5 Å². The number of benzene rings is 1. The first-order chi connectivity index (χ1) is 8.39. The van der Waals surface area contributed by atoms with E-state index in [1.165, 1.54) is 5.56 Å². The Morgan fingerprint density at radius 3 is 2.71 bits per heavy atom. The van der Waals surface area contributed by atoms with Crippen molar-refractivity contribution < 1.29 is 4.74 Å². The molecule has 1 aromatic carbocycles. The van der Waals surface area contributed by atoms with Crippen LogP contribution in [-0.4, -0.2) is 36.9 Å². The number of nitrogens with zero attached hydrogens (tertiary/aromatic N) is 1. The second-order valence-electron chi connectivity index (χ2n) is 4.98. The van der Waals surface area contributed by atoms with Crippen LogP contribution in [0.3, 0.4) is 0 Å². The van der Waals surface area contributed by atoms with Crippen molar-refractivity contribution >= 4 is 0 Å². The Morgan fingerprint density at radius 1 is 1.18 bits per heavy atom. The van der Waals surface area contributed by atoms with E-state index in [4.69, 9.17) is 4.74 Å². The van der Waals surface area contributed by atoms with Gasteiger partial charge in [0.05, 0.1) is 5.66 Å². The molecular weight excluding hydrogens is 212 g/mol. The van der Waals surface area contributed by atoms with Crippen LogP contribution in [0.4, 0.5) is 0 Å². The van der Waals surface area contributed by atoms with Gasteiger partial charge >= 0.3 is 0 Å². The van der Waals surface area contributed by atoms with Gasteiger partial charge in [0.2, 0.25) is 0 Å². The molecule has 2 heterocycles. The first kappa shape index (κ1) is 11.2. The third-order valence-electron chi connectivity index (χ3n) is 3.98. The van der Waals surface area contributed by atoms with Gasteiger partial charge in [0.25, 0.3) is 0 Å². The molecule has 0 aliphatic carbocycles. The van der Waals surface area contributed by atoms with Crippen molar-refractivity contribution in [1.82, 2.24) is 10.2 Å². The fraction of sp³-hybridized carbons (Fsp3) is 0.571. The van der Waals surface area contributed by atoms with Gasteiger partial charge in [-0.05, 0) is 5.56 Å². The summed E-state index contributed by atoms with van der Waals surface area (Å²) in [6, 6.07) is 10.7. The molecule has 1 N–H and O–H groups in total. The minimum Gasteiger partial charge on any atom is -0.381 e. The zero-order chi connectivity index (χ0) is 11.6. The van der Waals surface area contributed by atoms with Crippen molar-refractivity contribution in [3.05, 3.63) is 35.9 Å². The van der Waals surface area contributed by atoms with Crippen LogP contribution in [0.2, 0.25) is 0 Å². The standard InChI is InChI=1S/C14H20N2O/c1-2-4-13(5-3-1)12-16-9-8-15-14(16)6-10-17-11-7-14/h1-5,15H,6-12H2. The minimum absolute atomic E-state index is 0.202. The van der Waals surface area contributed by atoms with Gasteiger partial charge < -0.3 is 4.74 Å². The molecule has 0 atom stereocenters. The lowest BCUT2D eigenvalue weighted by atomic mass is 9.99. The van der Waals surface area contributed by atoms with Gasteiger partial charge in [-0.1, -0.05) is 30.3 Å². The number of rotatable bonds is 2. The van der Waals surface area contributed by atoms with Crippen LogP contribution in [0.5, 0.6) is 0 Å². The summed E-state index contributed by atoms with van der Waals surface area (Å²) in [7, 11) is 0. The van der Waals surface area contributed by atoms with E-state index in [1.807, 2.05) is 0 Å². The summed E-state index contributed by atoms with van der Waals surface area (Å²) in [5, 5.41) is 3.69. The van der Waals surface area contributed by atoms with Crippen molar-refractivity contribution in [2.75, 3.05) is 26.3 Å². The van der Waals surface area contributed by atoms with Crippen LogP contribution in [0.1, 0.15) is 18.4 Å². The third-order valence-corrected chi connectivity index (χ3v) is 3.98. The largest absolute Gasteiger partial charge is 0.381 e. The normalized spacial score (nSPS) is 24.2. The second-order valence-corrected chi connectivity index (χ2v) is 4.98. The lowest BCUT2D eigenvalue weighted by molar-refractivity contribution is -0.0220. The van der Waals surface area contributed by atoms with Crippen LogP contribution in [0.25, 0.3) is 0 Å². The predicted octanol–water partition coefficient (Wildman–Crippen LogP) is 1.60. The molecule has 0 unspecified atom stereocenters. The summed E-state index contributed by atoms with van der Waals surface area (Å²) in [5.41, 5.74) is 1.61. The Bertz CT molecular complexity index is 360. The molecule has 1 spiro atoms.